The molecule has 1 heterocycles. The molecule has 0 radical (unpaired) electrons. The highest BCUT2D eigenvalue weighted by atomic mass is 79.9. The fourth-order valence-electron chi connectivity index (χ4n) is 1.88. The zero-order valence-corrected chi connectivity index (χ0v) is 12.4. The number of methoxy groups -OCH3 is 1. The van der Waals surface area contributed by atoms with Gasteiger partial charge < -0.3 is 9.84 Å². The fraction of sp³-hybridized carbons (Fsp3) is 0.214. The summed E-state index contributed by atoms with van der Waals surface area (Å²) in [5.74, 6) is -0.819. The van der Waals surface area contributed by atoms with Gasteiger partial charge in [0.05, 0.1) is 11.6 Å². The Morgan fingerprint density at radius 3 is 2.60 bits per heavy atom. The van der Waals surface area contributed by atoms with E-state index in [1.54, 1.807) is 25.6 Å². The van der Waals surface area contributed by atoms with Crippen molar-refractivity contribution < 1.29 is 14.6 Å². The number of para-hydroxylation sites is 1. The van der Waals surface area contributed by atoms with Crippen LogP contribution in [-0.2, 0) is 11.2 Å². The molecule has 1 aromatic carbocycles. The third kappa shape index (κ3) is 3.33. The van der Waals surface area contributed by atoms with Gasteiger partial charge in [-0.15, -0.1) is 0 Å². The second-order valence-corrected chi connectivity index (χ2v) is 5.08. The Bertz CT molecular complexity index is 602. The third-order valence-corrected chi connectivity index (χ3v) is 3.28. The molecule has 2 rings (SSSR count). The zero-order chi connectivity index (χ0) is 14.5. The van der Waals surface area contributed by atoms with E-state index in [0.29, 0.717) is 10.2 Å². The second-order valence-electron chi connectivity index (χ2n) is 4.17. The molecule has 20 heavy (non-hydrogen) atoms. The van der Waals surface area contributed by atoms with Crippen molar-refractivity contribution in [3.8, 4) is 5.75 Å². The van der Waals surface area contributed by atoms with Crippen LogP contribution in [0.15, 0.2) is 41.1 Å². The van der Waals surface area contributed by atoms with Gasteiger partial charge in [-0.1, -0.05) is 18.2 Å². The smallest absolute Gasteiger partial charge is 0.314 e. The normalized spacial score (nSPS) is 11.9. The molecule has 0 amide bonds. The van der Waals surface area contributed by atoms with E-state index in [-0.39, 0.29) is 12.2 Å². The Morgan fingerprint density at radius 2 is 2.00 bits per heavy atom. The molecule has 104 valence electrons. The molecule has 0 fully saturated rings. The monoisotopic (exact) mass is 336 g/mol. The molecule has 2 aromatic rings. The SMILES string of the molecule is COc1ccccc1CC(C(=O)O)c1ncc(Br)cn1. The van der Waals surface area contributed by atoms with Crippen LogP contribution in [0, 0.1) is 0 Å². The van der Waals surface area contributed by atoms with E-state index in [1.807, 2.05) is 18.2 Å². The molecule has 0 spiro atoms. The number of hydrogen-bond donors (Lipinski definition) is 1. The molecule has 5 nitrogen and oxygen atoms in total. The van der Waals surface area contributed by atoms with Gasteiger partial charge in [0.25, 0.3) is 0 Å². The molecule has 0 aliphatic carbocycles. The largest absolute Gasteiger partial charge is 0.496 e. The summed E-state index contributed by atoms with van der Waals surface area (Å²) in [7, 11) is 1.56. The Labute approximate surface area is 124 Å². The minimum Gasteiger partial charge on any atom is -0.496 e. The molecule has 0 aliphatic heterocycles. The first-order valence-corrected chi connectivity index (χ1v) is 6.73. The number of hydrogen-bond acceptors (Lipinski definition) is 4. The summed E-state index contributed by atoms with van der Waals surface area (Å²) < 4.78 is 5.95. The van der Waals surface area contributed by atoms with Gasteiger partial charge in [0, 0.05) is 12.4 Å². The van der Waals surface area contributed by atoms with Crippen molar-refractivity contribution in [3.05, 3.63) is 52.5 Å². The lowest BCUT2D eigenvalue weighted by Crippen LogP contribution is -2.17. The summed E-state index contributed by atoms with van der Waals surface area (Å²) in [6.45, 7) is 0. The number of halogens is 1. The summed E-state index contributed by atoms with van der Waals surface area (Å²) in [6, 6.07) is 7.33. The molecule has 0 bridgehead atoms. The second kappa shape index (κ2) is 6.47. The quantitative estimate of drug-likeness (QED) is 0.908. The summed E-state index contributed by atoms with van der Waals surface area (Å²) >= 11 is 3.23. The first-order chi connectivity index (χ1) is 9.61. The summed E-state index contributed by atoms with van der Waals surface area (Å²) in [6.07, 6.45) is 3.36. The van der Waals surface area contributed by atoms with Crippen molar-refractivity contribution in [2.24, 2.45) is 0 Å². The van der Waals surface area contributed by atoms with Gasteiger partial charge in [0.1, 0.15) is 17.5 Å². The number of rotatable bonds is 5. The number of aliphatic carboxylic acids is 1. The Hall–Kier alpha value is -1.95. The van der Waals surface area contributed by atoms with E-state index < -0.39 is 11.9 Å². The summed E-state index contributed by atoms with van der Waals surface area (Å²) in [4.78, 5) is 19.6. The van der Waals surface area contributed by atoms with E-state index in [2.05, 4.69) is 25.9 Å². The standard InChI is InChI=1S/C14H13BrN2O3/c1-20-12-5-3-2-4-9(12)6-11(14(18)19)13-16-7-10(15)8-17-13/h2-5,7-8,11H,6H2,1H3,(H,18,19). The van der Waals surface area contributed by atoms with Crippen LogP contribution in [0.1, 0.15) is 17.3 Å². The molecular formula is C14H13BrN2O3. The van der Waals surface area contributed by atoms with Crippen LogP contribution in [-0.4, -0.2) is 28.2 Å². The lowest BCUT2D eigenvalue weighted by molar-refractivity contribution is -0.139. The van der Waals surface area contributed by atoms with E-state index in [1.165, 1.54) is 0 Å². The topological polar surface area (TPSA) is 72.3 Å². The number of nitrogens with zero attached hydrogens (tertiary/aromatic N) is 2. The van der Waals surface area contributed by atoms with Gasteiger partial charge in [0.2, 0.25) is 0 Å². The van der Waals surface area contributed by atoms with E-state index in [0.717, 1.165) is 5.56 Å². The molecule has 1 atom stereocenters. The number of benzene rings is 1. The predicted octanol–water partition coefficient (Wildman–Crippen LogP) is 2.66. The zero-order valence-electron chi connectivity index (χ0n) is 10.8. The molecule has 6 heteroatoms. The van der Waals surface area contributed by atoms with Crippen molar-refractivity contribution in [2.45, 2.75) is 12.3 Å². The van der Waals surface area contributed by atoms with Crippen LogP contribution < -0.4 is 4.74 Å². The number of aromatic nitrogens is 2. The molecule has 0 aliphatic rings. The average Bonchev–Trinajstić information content (AvgIpc) is 2.46. The van der Waals surface area contributed by atoms with Crippen LogP contribution >= 0.6 is 15.9 Å². The van der Waals surface area contributed by atoms with E-state index in [4.69, 9.17) is 4.74 Å². The Kier molecular flexibility index (Phi) is 4.68. The van der Waals surface area contributed by atoms with Crippen molar-refractivity contribution >= 4 is 21.9 Å². The molecule has 1 aromatic heterocycles. The first-order valence-electron chi connectivity index (χ1n) is 5.94. The highest BCUT2D eigenvalue weighted by Gasteiger charge is 2.24. The van der Waals surface area contributed by atoms with Crippen LogP contribution in [0.25, 0.3) is 0 Å². The highest BCUT2D eigenvalue weighted by molar-refractivity contribution is 9.10. The minimum atomic E-state index is -0.960. The molecule has 1 N–H and O–H groups in total. The van der Waals surface area contributed by atoms with Gasteiger partial charge >= 0.3 is 5.97 Å². The third-order valence-electron chi connectivity index (χ3n) is 2.87. The number of carbonyl (C=O) groups is 1. The number of ether oxygens (including phenoxy) is 1. The number of carboxylic acid groups (broad SMARTS) is 1. The van der Waals surface area contributed by atoms with Crippen LogP contribution in [0.2, 0.25) is 0 Å². The van der Waals surface area contributed by atoms with Crippen molar-refractivity contribution in [3.63, 3.8) is 0 Å². The maximum Gasteiger partial charge on any atom is 0.314 e. The van der Waals surface area contributed by atoms with Gasteiger partial charge in [-0.3, -0.25) is 4.79 Å². The van der Waals surface area contributed by atoms with E-state index in [9.17, 15) is 9.90 Å². The van der Waals surface area contributed by atoms with Crippen molar-refractivity contribution in [2.75, 3.05) is 7.11 Å². The Morgan fingerprint density at radius 1 is 1.35 bits per heavy atom. The fourth-order valence-corrected chi connectivity index (χ4v) is 2.09. The maximum absolute atomic E-state index is 11.5. The predicted molar refractivity (Wildman–Crippen MR) is 76.8 cm³/mol. The maximum atomic E-state index is 11.5. The average molecular weight is 337 g/mol. The molecule has 0 saturated carbocycles. The van der Waals surface area contributed by atoms with Gasteiger partial charge in [-0.05, 0) is 34.0 Å². The van der Waals surface area contributed by atoms with Gasteiger partial charge in [0.15, 0.2) is 0 Å². The van der Waals surface area contributed by atoms with Crippen LogP contribution in [0.4, 0.5) is 0 Å². The summed E-state index contributed by atoms with van der Waals surface area (Å²) in [5.41, 5.74) is 0.814. The lowest BCUT2D eigenvalue weighted by Gasteiger charge is -2.13. The highest BCUT2D eigenvalue weighted by Crippen LogP contribution is 2.25. The minimum absolute atomic E-state index is 0.279. The molecular weight excluding hydrogens is 324 g/mol. The first kappa shape index (κ1) is 14.5. The van der Waals surface area contributed by atoms with Gasteiger partial charge in [-0.25, -0.2) is 9.97 Å². The van der Waals surface area contributed by atoms with Crippen LogP contribution in [0.3, 0.4) is 0 Å². The van der Waals surface area contributed by atoms with Crippen molar-refractivity contribution in [1.29, 1.82) is 0 Å². The summed E-state index contributed by atoms with van der Waals surface area (Å²) in [5, 5.41) is 9.39. The van der Waals surface area contributed by atoms with Crippen LogP contribution in [0.5, 0.6) is 5.75 Å². The Balaban J connectivity index is 2.30. The van der Waals surface area contributed by atoms with Crippen molar-refractivity contribution in [1.82, 2.24) is 9.97 Å². The molecule has 0 saturated heterocycles. The van der Waals surface area contributed by atoms with E-state index >= 15 is 0 Å². The number of carboxylic acids is 1. The molecule has 1 unspecified atom stereocenters. The lowest BCUT2D eigenvalue weighted by atomic mass is 9.98. The van der Waals surface area contributed by atoms with Gasteiger partial charge in [-0.2, -0.15) is 0 Å².